The molecular formula is C15H23IN2OS. The summed E-state index contributed by atoms with van der Waals surface area (Å²) in [6.45, 7) is 0.893. The zero-order valence-electron chi connectivity index (χ0n) is 11.7. The fourth-order valence-corrected chi connectivity index (χ4v) is 5.29. The van der Waals surface area contributed by atoms with Gasteiger partial charge in [-0.3, -0.25) is 11.3 Å². The van der Waals surface area contributed by atoms with Crippen LogP contribution in [0.25, 0.3) is 0 Å². The molecule has 2 fully saturated rings. The van der Waals surface area contributed by atoms with Gasteiger partial charge in [-0.15, -0.1) is 11.3 Å². The van der Waals surface area contributed by atoms with Crippen LogP contribution in [0.3, 0.4) is 0 Å². The van der Waals surface area contributed by atoms with Gasteiger partial charge in [-0.1, -0.05) is 19.3 Å². The molecule has 2 heterocycles. The predicted octanol–water partition coefficient (Wildman–Crippen LogP) is 3.99. The van der Waals surface area contributed by atoms with Gasteiger partial charge in [-0.2, -0.15) is 0 Å². The van der Waals surface area contributed by atoms with Gasteiger partial charge < -0.3 is 4.74 Å². The first-order chi connectivity index (χ1) is 9.72. The quantitative estimate of drug-likeness (QED) is 0.454. The van der Waals surface area contributed by atoms with Crippen molar-refractivity contribution < 1.29 is 4.74 Å². The van der Waals surface area contributed by atoms with Gasteiger partial charge >= 0.3 is 0 Å². The number of thiophene rings is 1. The average molecular weight is 406 g/mol. The molecule has 1 aromatic rings. The van der Waals surface area contributed by atoms with E-state index in [1.165, 1.54) is 40.6 Å². The van der Waals surface area contributed by atoms with Crippen molar-refractivity contribution in [1.29, 1.82) is 0 Å². The van der Waals surface area contributed by atoms with Crippen LogP contribution in [0.2, 0.25) is 0 Å². The van der Waals surface area contributed by atoms with Gasteiger partial charge in [0.05, 0.1) is 8.48 Å². The van der Waals surface area contributed by atoms with Crippen LogP contribution in [-0.4, -0.2) is 12.2 Å². The summed E-state index contributed by atoms with van der Waals surface area (Å²) in [7, 11) is 0. The Morgan fingerprint density at radius 2 is 2.20 bits per heavy atom. The third-order valence-electron chi connectivity index (χ3n) is 4.89. The second kappa shape index (κ2) is 6.60. The van der Waals surface area contributed by atoms with Crippen molar-refractivity contribution >= 4 is 33.9 Å². The van der Waals surface area contributed by atoms with Crippen LogP contribution in [0.1, 0.15) is 56.6 Å². The molecule has 0 bridgehead atoms. The lowest BCUT2D eigenvalue weighted by Crippen LogP contribution is -2.45. The summed E-state index contributed by atoms with van der Waals surface area (Å²) in [5, 5.41) is 2.25. The largest absolute Gasteiger partial charge is 0.375 e. The van der Waals surface area contributed by atoms with Crippen molar-refractivity contribution in [3.63, 3.8) is 0 Å². The van der Waals surface area contributed by atoms with E-state index < -0.39 is 0 Å². The van der Waals surface area contributed by atoms with Crippen LogP contribution in [0.15, 0.2) is 11.4 Å². The lowest BCUT2D eigenvalue weighted by atomic mass is 9.73. The molecule has 2 unspecified atom stereocenters. The fourth-order valence-electron chi connectivity index (χ4n) is 3.89. The maximum Gasteiger partial charge on any atom is 0.0686 e. The van der Waals surface area contributed by atoms with Crippen LogP contribution in [0, 0.1) is 8.80 Å². The SMILES string of the molecule is NNC(c1csc(I)c1)C1CCOC2(CCCCC2)C1. The smallest absolute Gasteiger partial charge is 0.0686 e. The van der Waals surface area contributed by atoms with Crippen molar-refractivity contribution in [2.24, 2.45) is 11.8 Å². The molecule has 0 radical (unpaired) electrons. The Bertz CT molecular complexity index is 439. The highest BCUT2D eigenvalue weighted by Gasteiger charge is 2.41. The van der Waals surface area contributed by atoms with Crippen molar-refractivity contribution in [2.45, 2.75) is 56.6 Å². The molecule has 3 N–H and O–H groups in total. The Labute approximate surface area is 138 Å². The van der Waals surface area contributed by atoms with Crippen molar-refractivity contribution in [1.82, 2.24) is 5.43 Å². The third-order valence-corrected chi connectivity index (χ3v) is 6.70. The maximum atomic E-state index is 6.20. The second-order valence-electron chi connectivity index (χ2n) is 6.17. The van der Waals surface area contributed by atoms with Crippen molar-refractivity contribution in [3.8, 4) is 0 Å². The summed E-state index contributed by atoms with van der Waals surface area (Å²) in [4.78, 5) is 0. The number of ether oxygens (including phenoxy) is 1. The highest BCUT2D eigenvalue weighted by atomic mass is 127. The minimum absolute atomic E-state index is 0.152. The lowest BCUT2D eigenvalue weighted by Gasteiger charge is -2.45. The Hall–Kier alpha value is 0.310. The number of halogens is 1. The standard InChI is InChI=1S/C15H23IN2OS/c16-13-8-12(10-20-13)14(18-17)11-4-7-19-15(9-11)5-2-1-3-6-15/h8,10-11,14,18H,1-7,9,17H2. The van der Waals surface area contributed by atoms with Gasteiger partial charge in [-0.25, -0.2) is 0 Å². The molecule has 1 saturated carbocycles. The summed E-state index contributed by atoms with van der Waals surface area (Å²) in [6.07, 6.45) is 8.77. The highest BCUT2D eigenvalue weighted by Crippen LogP contribution is 2.44. The molecule has 20 heavy (non-hydrogen) atoms. The second-order valence-corrected chi connectivity index (χ2v) is 8.98. The number of nitrogens with one attached hydrogen (secondary N) is 1. The van der Waals surface area contributed by atoms with E-state index in [1.807, 2.05) is 0 Å². The summed E-state index contributed by atoms with van der Waals surface area (Å²) in [5.74, 6) is 6.47. The summed E-state index contributed by atoms with van der Waals surface area (Å²) in [5.41, 5.74) is 4.57. The maximum absolute atomic E-state index is 6.20. The number of rotatable bonds is 3. The minimum atomic E-state index is 0.152. The number of hydrogen-bond donors (Lipinski definition) is 2. The van der Waals surface area contributed by atoms with E-state index in [0.29, 0.717) is 5.92 Å². The van der Waals surface area contributed by atoms with E-state index in [0.717, 1.165) is 19.4 Å². The fraction of sp³-hybridized carbons (Fsp3) is 0.733. The Morgan fingerprint density at radius 3 is 2.85 bits per heavy atom. The highest BCUT2D eigenvalue weighted by molar-refractivity contribution is 14.1. The average Bonchev–Trinajstić information content (AvgIpc) is 2.87. The molecule has 1 spiro atoms. The summed E-state index contributed by atoms with van der Waals surface area (Å²) >= 11 is 4.18. The Kier molecular flexibility index (Phi) is 5.02. The number of nitrogens with two attached hydrogens (primary N) is 1. The predicted molar refractivity (Wildman–Crippen MR) is 91.6 cm³/mol. The first kappa shape index (κ1) is 15.2. The first-order valence-electron chi connectivity index (χ1n) is 7.56. The molecule has 2 aliphatic rings. The molecule has 5 heteroatoms. The van der Waals surface area contributed by atoms with E-state index in [1.54, 1.807) is 11.3 Å². The molecule has 1 aromatic heterocycles. The Morgan fingerprint density at radius 1 is 1.40 bits per heavy atom. The van der Waals surface area contributed by atoms with E-state index in [2.05, 4.69) is 39.5 Å². The summed E-state index contributed by atoms with van der Waals surface area (Å²) in [6, 6.07) is 2.54. The molecule has 2 atom stereocenters. The topological polar surface area (TPSA) is 47.3 Å². The molecule has 0 aromatic carbocycles. The first-order valence-corrected chi connectivity index (χ1v) is 9.52. The van der Waals surface area contributed by atoms with Gasteiger partial charge in [0.15, 0.2) is 0 Å². The molecule has 1 saturated heterocycles. The molecule has 3 rings (SSSR count). The van der Waals surface area contributed by atoms with Crippen molar-refractivity contribution in [2.75, 3.05) is 6.61 Å². The molecule has 1 aliphatic heterocycles. The molecule has 112 valence electrons. The normalized spacial score (nSPS) is 27.6. The molecule has 3 nitrogen and oxygen atoms in total. The number of hydrazine groups is 1. The van der Waals surface area contributed by atoms with E-state index >= 15 is 0 Å². The van der Waals surface area contributed by atoms with Crippen LogP contribution < -0.4 is 11.3 Å². The van der Waals surface area contributed by atoms with Gasteiger partial charge in [0.1, 0.15) is 0 Å². The monoisotopic (exact) mass is 406 g/mol. The van der Waals surface area contributed by atoms with Crippen LogP contribution >= 0.6 is 33.9 Å². The lowest BCUT2D eigenvalue weighted by molar-refractivity contribution is -0.122. The van der Waals surface area contributed by atoms with Crippen LogP contribution in [-0.2, 0) is 4.74 Å². The molecule has 1 aliphatic carbocycles. The molecule has 0 amide bonds. The van der Waals surface area contributed by atoms with Crippen molar-refractivity contribution in [3.05, 3.63) is 19.9 Å². The Balaban J connectivity index is 1.74. The van der Waals surface area contributed by atoms with Gasteiger partial charge in [0, 0.05) is 12.6 Å². The van der Waals surface area contributed by atoms with Gasteiger partial charge in [0.25, 0.3) is 0 Å². The minimum Gasteiger partial charge on any atom is -0.375 e. The zero-order valence-corrected chi connectivity index (χ0v) is 14.7. The van der Waals surface area contributed by atoms with E-state index in [-0.39, 0.29) is 11.6 Å². The number of hydrogen-bond acceptors (Lipinski definition) is 4. The summed E-state index contributed by atoms with van der Waals surface area (Å²) < 4.78 is 7.54. The molecular weight excluding hydrogens is 383 g/mol. The van der Waals surface area contributed by atoms with Gasteiger partial charge in [0.2, 0.25) is 0 Å². The van der Waals surface area contributed by atoms with Crippen LogP contribution in [0.4, 0.5) is 0 Å². The van der Waals surface area contributed by atoms with E-state index in [4.69, 9.17) is 10.6 Å². The van der Waals surface area contributed by atoms with Crippen LogP contribution in [0.5, 0.6) is 0 Å². The zero-order chi connectivity index (χ0) is 14.0. The van der Waals surface area contributed by atoms with Gasteiger partial charge in [-0.05, 0) is 71.2 Å². The third kappa shape index (κ3) is 3.21. The van der Waals surface area contributed by atoms with E-state index in [9.17, 15) is 0 Å².